The fourth-order valence-corrected chi connectivity index (χ4v) is 4.27. The third-order valence-electron chi connectivity index (χ3n) is 5.87. The van der Waals surface area contributed by atoms with Crippen LogP contribution in [0.2, 0.25) is 0 Å². The third kappa shape index (κ3) is 3.76. The number of benzene rings is 2. The van der Waals surface area contributed by atoms with Gasteiger partial charge in [-0.25, -0.2) is 4.68 Å². The second-order valence-electron chi connectivity index (χ2n) is 7.75. The predicted octanol–water partition coefficient (Wildman–Crippen LogP) is 3.67. The first-order valence-electron chi connectivity index (χ1n) is 10.3. The van der Waals surface area contributed by atoms with Crippen molar-refractivity contribution in [3.05, 3.63) is 81.2 Å². The molecule has 1 saturated heterocycles. The van der Waals surface area contributed by atoms with Crippen LogP contribution >= 0.6 is 0 Å². The fourth-order valence-electron chi connectivity index (χ4n) is 4.27. The molecule has 0 atom stereocenters. The van der Waals surface area contributed by atoms with Crippen LogP contribution in [-0.2, 0) is 0 Å². The summed E-state index contributed by atoms with van der Waals surface area (Å²) in [5, 5.41) is 15.9. The van der Waals surface area contributed by atoms with E-state index in [9.17, 15) is 14.9 Å². The number of nitro groups is 1. The molecule has 8 nitrogen and oxygen atoms in total. The van der Waals surface area contributed by atoms with E-state index in [2.05, 4.69) is 11.8 Å². The van der Waals surface area contributed by atoms with Crippen LogP contribution in [0.1, 0.15) is 27.3 Å². The molecule has 0 radical (unpaired) electrons. The Morgan fingerprint density at radius 3 is 2.29 bits per heavy atom. The van der Waals surface area contributed by atoms with Gasteiger partial charge in [-0.05, 0) is 39.0 Å². The lowest BCUT2D eigenvalue weighted by atomic mass is 10.1. The molecule has 1 aliphatic rings. The van der Waals surface area contributed by atoms with E-state index < -0.39 is 4.92 Å². The number of hydrogen-bond donors (Lipinski definition) is 0. The molecule has 0 saturated carbocycles. The van der Waals surface area contributed by atoms with E-state index in [0.29, 0.717) is 37.3 Å². The molecule has 0 spiro atoms. The number of rotatable bonds is 4. The average Bonchev–Trinajstić information content (AvgIpc) is 3.08. The van der Waals surface area contributed by atoms with Gasteiger partial charge >= 0.3 is 0 Å². The van der Waals surface area contributed by atoms with Crippen molar-refractivity contribution in [1.29, 1.82) is 0 Å². The van der Waals surface area contributed by atoms with Crippen LogP contribution in [0.15, 0.2) is 48.5 Å². The first kappa shape index (κ1) is 20.6. The summed E-state index contributed by atoms with van der Waals surface area (Å²) in [5.41, 5.74) is 4.92. The van der Waals surface area contributed by atoms with Crippen LogP contribution in [0.4, 0.5) is 11.4 Å². The largest absolute Gasteiger partial charge is 0.365 e. The van der Waals surface area contributed by atoms with Crippen LogP contribution < -0.4 is 4.90 Å². The lowest BCUT2D eigenvalue weighted by molar-refractivity contribution is -0.385. The number of piperazine rings is 1. The third-order valence-corrected chi connectivity index (χ3v) is 5.87. The molecule has 4 rings (SSSR count). The van der Waals surface area contributed by atoms with Gasteiger partial charge in [-0.2, -0.15) is 5.10 Å². The van der Waals surface area contributed by atoms with Crippen molar-refractivity contribution >= 4 is 17.3 Å². The molecule has 1 aliphatic heterocycles. The monoisotopic (exact) mass is 419 g/mol. The molecule has 160 valence electrons. The Labute approximate surface area is 180 Å². The lowest BCUT2D eigenvalue weighted by Crippen LogP contribution is -2.49. The Bertz CT molecular complexity index is 1130. The Morgan fingerprint density at radius 2 is 1.65 bits per heavy atom. The zero-order chi connectivity index (χ0) is 22.1. The maximum Gasteiger partial charge on any atom is 0.273 e. The van der Waals surface area contributed by atoms with Crippen molar-refractivity contribution in [1.82, 2.24) is 14.7 Å². The number of hydrogen-bond acceptors (Lipinski definition) is 5. The SMILES string of the molecule is Cc1nn(-c2ccccc2)c(C)c1N1CCN(C(=O)c2cccc([N+](=O)[O-])c2C)CC1. The molecule has 1 amide bonds. The number of carbonyl (C=O) groups is 1. The highest BCUT2D eigenvalue weighted by Gasteiger charge is 2.28. The molecule has 2 aromatic carbocycles. The van der Waals surface area contributed by atoms with Crippen LogP contribution in [0, 0.1) is 30.9 Å². The van der Waals surface area contributed by atoms with Gasteiger partial charge in [0.25, 0.3) is 11.6 Å². The minimum atomic E-state index is -0.444. The Balaban J connectivity index is 1.51. The van der Waals surface area contributed by atoms with E-state index in [4.69, 9.17) is 5.10 Å². The maximum absolute atomic E-state index is 13.0. The summed E-state index contributed by atoms with van der Waals surface area (Å²) in [6.45, 7) is 8.17. The predicted molar refractivity (Wildman–Crippen MR) is 119 cm³/mol. The number of nitrogens with zero attached hydrogens (tertiary/aromatic N) is 5. The average molecular weight is 419 g/mol. The summed E-state index contributed by atoms with van der Waals surface area (Å²) in [6, 6.07) is 14.7. The molecular formula is C23H25N5O3. The van der Waals surface area contributed by atoms with Crippen LogP contribution in [-0.4, -0.2) is 51.7 Å². The van der Waals surface area contributed by atoms with Gasteiger partial charge in [-0.3, -0.25) is 14.9 Å². The normalized spacial score (nSPS) is 14.0. The first-order chi connectivity index (χ1) is 14.9. The number of aromatic nitrogens is 2. The topological polar surface area (TPSA) is 84.5 Å². The molecule has 2 heterocycles. The van der Waals surface area contributed by atoms with Gasteiger partial charge in [0, 0.05) is 43.4 Å². The van der Waals surface area contributed by atoms with E-state index in [1.54, 1.807) is 24.0 Å². The number of nitro benzene ring substituents is 1. The van der Waals surface area contributed by atoms with Gasteiger partial charge in [0.05, 0.1) is 27.7 Å². The van der Waals surface area contributed by atoms with E-state index >= 15 is 0 Å². The molecular weight excluding hydrogens is 394 g/mol. The van der Waals surface area contributed by atoms with Gasteiger partial charge in [0.1, 0.15) is 0 Å². The van der Waals surface area contributed by atoms with E-state index in [-0.39, 0.29) is 11.6 Å². The molecule has 0 aliphatic carbocycles. The summed E-state index contributed by atoms with van der Waals surface area (Å²) in [4.78, 5) is 27.8. The summed E-state index contributed by atoms with van der Waals surface area (Å²) in [5.74, 6) is -0.158. The van der Waals surface area contributed by atoms with E-state index in [1.165, 1.54) is 6.07 Å². The zero-order valence-corrected chi connectivity index (χ0v) is 17.9. The molecule has 1 aromatic heterocycles. The Hall–Kier alpha value is -3.68. The molecule has 0 N–H and O–H groups in total. The number of anilines is 1. The van der Waals surface area contributed by atoms with E-state index in [1.807, 2.05) is 41.9 Å². The Kier molecular flexibility index (Phi) is 5.46. The van der Waals surface area contributed by atoms with Crippen molar-refractivity contribution in [2.75, 3.05) is 31.1 Å². The van der Waals surface area contributed by atoms with Gasteiger partial charge in [-0.1, -0.05) is 24.3 Å². The van der Waals surface area contributed by atoms with Crippen molar-refractivity contribution in [3.63, 3.8) is 0 Å². The Morgan fingerprint density at radius 1 is 0.968 bits per heavy atom. The van der Waals surface area contributed by atoms with Crippen LogP contribution in [0.3, 0.4) is 0 Å². The van der Waals surface area contributed by atoms with Crippen molar-refractivity contribution in [2.24, 2.45) is 0 Å². The fraction of sp³-hybridized carbons (Fsp3) is 0.304. The summed E-state index contributed by atoms with van der Waals surface area (Å²) < 4.78 is 1.95. The minimum absolute atomic E-state index is 0.0240. The summed E-state index contributed by atoms with van der Waals surface area (Å²) in [6.07, 6.45) is 0. The first-order valence-corrected chi connectivity index (χ1v) is 10.3. The van der Waals surface area contributed by atoms with Crippen molar-refractivity contribution < 1.29 is 9.72 Å². The second-order valence-corrected chi connectivity index (χ2v) is 7.75. The highest BCUT2D eigenvalue weighted by atomic mass is 16.6. The number of carbonyl (C=O) groups excluding carboxylic acids is 1. The van der Waals surface area contributed by atoms with Gasteiger partial charge < -0.3 is 9.80 Å². The highest BCUT2D eigenvalue weighted by Crippen LogP contribution is 2.28. The van der Waals surface area contributed by atoms with E-state index in [0.717, 1.165) is 22.8 Å². The maximum atomic E-state index is 13.0. The molecule has 31 heavy (non-hydrogen) atoms. The molecule has 1 fully saturated rings. The van der Waals surface area contributed by atoms with Crippen molar-refractivity contribution in [3.8, 4) is 5.69 Å². The number of para-hydroxylation sites is 1. The molecule has 0 unspecified atom stereocenters. The second kappa shape index (κ2) is 8.22. The van der Waals surface area contributed by atoms with Gasteiger partial charge in [-0.15, -0.1) is 0 Å². The minimum Gasteiger partial charge on any atom is -0.365 e. The number of aryl methyl sites for hydroxylation is 1. The highest BCUT2D eigenvalue weighted by molar-refractivity contribution is 5.96. The van der Waals surface area contributed by atoms with Crippen molar-refractivity contribution in [2.45, 2.75) is 20.8 Å². The van der Waals surface area contributed by atoms with Gasteiger partial charge in [0.2, 0.25) is 0 Å². The van der Waals surface area contributed by atoms with Crippen LogP contribution in [0.5, 0.6) is 0 Å². The molecule has 3 aromatic rings. The quantitative estimate of drug-likeness (QED) is 0.476. The van der Waals surface area contributed by atoms with Gasteiger partial charge in [0.15, 0.2) is 0 Å². The summed E-state index contributed by atoms with van der Waals surface area (Å²) >= 11 is 0. The molecule has 8 heteroatoms. The summed E-state index contributed by atoms with van der Waals surface area (Å²) in [7, 11) is 0. The lowest BCUT2D eigenvalue weighted by Gasteiger charge is -2.36. The van der Waals surface area contributed by atoms with Crippen LogP contribution in [0.25, 0.3) is 5.69 Å². The number of amides is 1. The smallest absolute Gasteiger partial charge is 0.273 e. The standard InChI is InChI=1S/C23H25N5O3/c1-16-20(10-7-11-21(16)28(30)31)23(29)26-14-12-25(13-15-26)22-17(2)24-27(18(22)3)19-8-5-4-6-9-19/h4-11H,12-15H2,1-3H3. The molecule has 0 bridgehead atoms. The zero-order valence-electron chi connectivity index (χ0n) is 17.9.